The van der Waals surface area contributed by atoms with Crippen molar-refractivity contribution in [3.63, 3.8) is 0 Å². The van der Waals surface area contributed by atoms with E-state index < -0.39 is 0 Å². The Morgan fingerprint density at radius 2 is 1.95 bits per heavy atom. The molecular weight excluding hydrogens is 335 g/mol. The van der Waals surface area contributed by atoms with Crippen LogP contribution in [0.1, 0.15) is 19.9 Å². The fraction of sp³-hybridized carbons (Fsp3) is 0.188. The zero-order valence-electron chi connectivity index (χ0n) is 11.6. The number of aromatic hydroxyl groups is 1. The number of halogens is 2. The molecular formula is C16H14BrFN2O. The first kappa shape index (κ1) is 14.1. The summed E-state index contributed by atoms with van der Waals surface area (Å²) in [5.41, 5.74) is 2.06. The minimum atomic E-state index is -0.317. The highest BCUT2D eigenvalue weighted by Crippen LogP contribution is 2.35. The van der Waals surface area contributed by atoms with Gasteiger partial charge in [-0.05, 0) is 44.2 Å². The van der Waals surface area contributed by atoms with E-state index in [0.29, 0.717) is 16.9 Å². The molecule has 1 heterocycles. The molecule has 1 aromatic heterocycles. The van der Waals surface area contributed by atoms with Gasteiger partial charge in [0.2, 0.25) is 0 Å². The Balaban J connectivity index is 2.33. The van der Waals surface area contributed by atoms with E-state index in [1.807, 2.05) is 24.5 Å². The van der Waals surface area contributed by atoms with Gasteiger partial charge in [0.1, 0.15) is 17.4 Å². The van der Waals surface area contributed by atoms with Crippen LogP contribution in [0.3, 0.4) is 0 Å². The molecule has 0 fully saturated rings. The maximum atomic E-state index is 13.4. The molecule has 0 spiro atoms. The van der Waals surface area contributed by atoms with Gasteiger partial charge in [-0.3, -0.25) is 0 Å². The summed E-state index contributed by atoms with van der Waals surface area (Å²) in [6.45, 7) is 4.06. The fourth-order valence-corrected chi connectivity index (χ4v) is 2.83. The van der Waals surface area contributed by atoms with Crippen LogP contribution in [-0.4, -0.2) is 14.7 Å². The molecule has 108 valence electrons. The smallest absolute Gasteiger partial charge is 0.145 e. The van der Waals surface area contributed by atoms with Gasteiger partial charge in [-0.1, -0.05) is 15.9 Å². The standard InChI is InChI=1S/C16H14BrFN2O/c1-9(2)20-14-6-4-11(18)8-13(14)19-16(20)12-5-3-10(17)7-15(12)21/h3-9,21H,1-2H3. The SMILES string of the molecule is CC(C)n1c(-c2ccc(Br)cc2O)nc2cc(F)ccc21. The predicted octanol–water partition coefficient (Wildman–Crippen LogP) is 4.89. The highest BCUT2D eigenvalue weighted by Gasteiger charge is 2.17. The summed E-state index contributed by atoms with van der Waals surface area (Å²) < 4.78 is 16.2. The second-order valence-electron chi connectivity index (χ2n) is 5.19. The van der Waals surface area contributed by atoms with E-state index in [9.17, 15) is 9.50 Å². The van der Waals surface area contributed by atoms with Crippen molar-refractivity contribution >= 4 is 27.0 Å². The lowest BCUT2D eigenvalue weighted by Crippen LogP contribution is -2.03. The second kappa shape index (κ2) is 5.15. The molecule has 0 unspecified atom stereocenters. The Bertz CT molecular complexity index is 827. The summed E-state index contributed by atoms with van der Waals surface area (Å²) in [5, 5.41) is 10.2. The van der Waals surface area contributed by atoms with Crippen LogP contribution >= 0.6 is 15.9 Å². The quantitative estimate of drug-likeness (QED) is 0.715. The molecule has 3 rings (SSSR count). The Labute approximate surface area is 130 Å². The van der Waals surface area contributed by atoms with Crippen molar-refractivity contribution < 1.29 is 9.50 Å². The average molecular weight is 349 g/mol. The number of hydrogen-bond acceptors (Lipinski definition) is 2. The van der Waals surface area contributed by atoms with Crippen LogP contribution in [0.15, 0.2) is 40.9 Å². The Hall–Kier alpha value is -1.88. The maximum Gasteiger partial charge on any atom is 0.145 e. The molecule has 3 nitrogen and oxygen atoms in total. The molecule has 0 radical (unpaired) electrons. The first-order valence-corrected chi connectivity index (χ1v) is 7.43. The summed E-state index contributed by atoms with van der Waals surface area (Å²) in [6, 6.07) is 9.97. The van der Waals surface area contributed by atoms with Crippen molar-refractivity contribution in [2.75, 3.05) is 0 Å². The number of fused-ring (bicyclic) bond motifs is 1. The van der Waals surface area contributed by atoms with Gasteiger partial charge >= 0.3 is 0 Å². The van der Waals surface area contributed by atoms with Crippen molar-refractivity contribution in [1.82, 2.24) is 9.55 Å². The highest BCUT2D eigenvalue weighted by molar-refractivity contribution is 9.10. The maximum absolute atomic E-state index is 13.4. The monoisotopic (exact) mass is 348 g/mol. The predicted molar refractivity (Wildman–Crippen MR) is 84.9 cm³/mol. The van der Waals surface area contributed by atoms with Crippen molar-refractivity contribution in [1.29, 1.82) is 0 Å². The van der Waals surface area contributed by atoms with Crippen LogP contribution in [-0.2, 0) is 0 Å². The summed E-state index contributed by atoms with van der Waals surface area (Å²) in [6.07, 6.45) is 0. The van der Waals surface area contributed by atoms with E-state index in [1.54, 1.807) is 18.2 Å². The first-order valence-electron chi connectivity index (χ1n) is 6.63. The normalized spacial score (nSPS) is 11.5. The molecule has 1 N–H and O–H groups in total. The number of nitrogens with zero attached hydrogens (tertiary/aromatic N) is 2. The topological polar surface area (TPSA) is 38.0 Å². The van der Waals surface area contributed by atoms with E-state index in [0.717, 1.165) is 9.99 Å². The second-order valence-corrected chi connectivity index (χ2v) is 6.11. The lowest BCUT2D eigenvalue weighted by atomic mass is 10.2. The van der Waals surface area contributed by atoms with E-state index in [2.05, 4.69) is 20.9 Å². The molecule has 0 bridgehead atoms. The molecule has 5 heteroatoms. The minimum Gasteiger partial charge on any atom is -0.507 e. The fourth-order valence-electron chi connectivity index (χ4n) is 2.48. The first-order chi connectivity index (χ1) is 9.97. The number of rotatable bonds is 2. The zero-order valence-corrected chi connectivity index (χ0v) is 13.2. The Kier molecular flexibility index (Phi) is 3.45. The molecule has 0 saturated carbocycles. The van der Waals surface area contributed by atoms with Gasteiger partial charge in [-0.25, -0.2) is 9.37 Å². The molecule has 21 heavy (non-hydrogen) atoms. The lowest BCUT2D eigenvalue weighted by Gasteiger charge is -2.14. The van der Waals surface area contributed by atoms with E-state index in [1.165, 1.54) is 12.1 Å². The molecule has 0 aliphatic rings. The van der Waals surface area contributed by atoms with Crippen LogP contribution in [0.25, 0.3) is 22.4 Å². The average Bonchev–Trinajstić information content (AvgIpc) is 2.76. The summed E-state index contributed by atoms with van der Waals surface area (Å²) in [4.78, 5) is 4.50. The third-order valence-corrected chi connectivity index (χ3v) is 3.86. The molecule has 0 aliphatic heterocycles. The summed E-state index contributed by atoms with van der Waals surface area (Å²) in [5.74, 6) is 0.458. The molecule has 0 amide bonds. The third kappa shape index (κ3) is 2.42. The Morgan fingerprint density at radius 3 is 2.62 bits per heavy atom. The molecule has 0 aliphatic carbocycles. The van der Waals surface area contributed by atoms with Crippen LogP contribution in [0, 0.1) is 5.82 Å². The third-order valence-electron chi connectivity index (χ3n) is 3.37. The number of benzene rings is 2. The lowest BCUT2D eigenvalue weighted by molar-refractivity contribution is 0.475. The number of phenols is 1. The van der Waals surface area contributed by atoms with Crippen molar-refractivity contribution in [3.05, 3.63) is 46.7 Å². The largest absolute Gasteiger partial charge is 0.507 e. The van der Waals surface area contributed by atoms with E-state index in [4.69, 9.17) is 0 Å². The number of phenolic OH excluding ortho intramolecular Hbond substituents is 1. The van der Waals surface area contributed by atoms with Gasteiger partial charge in [-0.2, -0.15) is 0 Å². The molecule has 3 aromatic rings. The number of hydrogen-bond donors (Lipinski definition) is 1. The zero-order chi connectivity index (χ0) is 15.1. The minimum absolute atomic E-state index is 0.138. The van der Waals surface area contributed by atoms with Crippen LogP contribution < -0.4 is 0 Å². The molecule has 0 saturated heterocycles. The van der Waals surface area contributed by atoms with Gasteiger partial charge in [0, 0.05) is 16.6 Å². The van der Waals surface area contributed by atoms with Crippen LogP contribution in [0.2, 0.25) is 0 Å². The van der Waals surface area contributed by atoms with Gasteiger partial charge in [0.15, 0.2) is 0 Å². The molecule has 0 atom stereocenters. The highest BCUT2D eigenvalue weighted by atomic mass is 79.9. The van der Waals surface area contributed by atoms with Crippen molar-refractivity contribution in [3.8, 4) is 17.1 Å². The number of imidazole rings is 1. The van der Waals surface area contributed by atoms with Crippen LogP contribution in [0.5, 0.6) is 5.75 Å². The van der Waals surface area contributed by atoms with Gasteiger partial charge in [0.25, 0.3) is 0 Å². The van der Waals surface area contributed by atoms with Gasteiger partial charge < -0.3 is 9.67 Å². The van der Waals surface area contributed by atoms with E-state index in [-0.39, 0.29) is 17.6 Å². The van der Waals surface area contributed by atoms with Gasteiger partial charge in [0.05, 0.1) is 16.6 Å². The Morgan fingerprint density at radius 1 is 1.19 bits per heavy atom. The van der Waals surface area contributed by atoms with Crippen LogP contribution in [0.4, 0.5) is 4.39 Å². The summed E-state index contributed by atoms with van der Waals surface area (Å²) in [7, 11) is 0. The van der Waals surface area contributed by atoms with E-state index >= 15 is 0 Å². The van der Waals surface area contributed by atoms with Crippen molar-refractivity contribution in [2.24, 2.45) is 0 Å². The summed E-state index contributed by atoms with van der Waals surface area (Å²) >= 11 is 3.32. The molecule has 2 aromatic carbocycles. The number of aromatic nitrogens is 2. The van der Waals surface area contributed by atoms with Crippen molar-refractivity contribution in [2.45, 2.75) is 19.9 Å². The van der Waals surface area contributed by atoms with Gasteiger partial charge in [-0.15, -0.1) is 0 Å².